The van der Waals surface area contributed by atoms with Crippen molar-refractivity contribution in [1.29, 1.82) is 0 Å². The van der Waals surface area contributed by atoms with E-state index in [1.165, 1.54) is 0 Å². The second kappa shape index (κ2) is 6.33. The molecule has 0 saturated heterocycles. The fourth-order valence-corrected chi connectivity index (χ4v) is 1.42. The third kappa shape index (κ3) is 4.19. The van der Waals surface area contributed by atoms with Crippen molar-refractivity contribution in [2.45, 2.75) is 19.0 Å². The van der Waals surface area contributed by atoms with Crippen molar-refractivity contribution in [3.05, 3.63) is 33.9 Å². The van der Waals surface area contributed by atoms with Gasteiger partial charge in [0.2, 0.25) is 5.91 Å². The number of benzene rings is 1. The number of nitro groups is 1. The quantitative estimate of drug-likeness (QED) is 0.643. The lowest BCUT2D eigenvalue weighted by Gasteiger charge is -2.09. The van der Waals surface area contributed by atoms with Gasteiger partial charge in [-0.2, -0.15) is 13.2 Å². The summed E-state index contributed by atoms with van der Waals surface area (Å²) in [6.45, 7) is -0.234. The molecule has 0 heterocycles. The van der Waals surface area contributed by atoms with Gasteiger partial charge < -0.3 is 10.4 Å². The summed E-state index contributed by atoms with van der Waals surface area (Å²) in [6.07, 6.45) is -4.64. The number of aliphatic hydroxyl groups is 1. The summed E-state index contributed by atoms with van der Waals surface area (Å²) < 4.78 is 37.4. The SMILES string of the molecule is O=C(CCCO)Nc1ccc(C(F)(F)F)cc1[N+](=O)[O-]. The van der Waals surface area contributed by atoms with E-state index in [0.29, 0.717) is 12.1 Å². The molecular formula is C11H11F3N2O4. The molecular weight excluding hydrogens is 281 g/mol. The lowest BCUT2D eigenvalue weighted by molar-refractivity contribution is -0.384. The number of hydrogen-bond acceptors (Lipinski definition) is 4. The van der Waals surface area contributed by atoms with E-state index in [-0.39, 0.29) is 25.1 Å². The second-order valence-electron chi connectivity index (χ2n) is 3.86. The van der Waals surface area contributed by atoms with Crippen LogP contribution in [0.15, 0.2) is 18.2 Å². The zero-order valence-electron chi connectivity index (χ0n) is 10.1. The van der Waals surface area contributed by atoms with E-state index in [1.807, 2.05) is 0 Å². The van der Waals surface area contributed by atoms with Gasteiger partial charge in [-0.3, -0.25) is 14.9 Å². The minimum Gasteiger partial charge on any atom is -0.396 e. The summed E-state index contributed by atoms with van der Waals surface area (Å²) in [5.74, 6) is -0.623. The number of nitrogens with zero attached hydrogens (tertiary/aromatic N) is 1. The molecule has 1 aromatic carbocycles. The number of amides is 1. The number of aliphatic hydroxyl groups excluding tert-OH is 1. The van der Waals surface area contributed by atoms with Crippen molar-refractivity contribution in [2.24, 2.45) is 0 Å². The Bertz CT molecular complexity index is 517. The van der Waals surface area contributed by atoms with Crippen LogP contribution in [0.2, 0.25) is 0 Å². The van der Waals surface area contributed by atoms with Gasteiger partial charge in [0.15, 0.2) is 0 Å². The Labute approximate surface area is 111 Å². The Balaban J connectivity index is 3.02. The molecule has 20 heavy (non-hydrogen) atoms. The molecule has 6 nitrogen and oxygen atoms in total. The minimum atomic E-state index is -4.70. The molecule has 1 amide bonds. The molecule has 0 spiro atoms. The van der Waals surface area contributed by atoms with Crippen LogP contribution >= 0.6 is 0 Å². The van der Waals surface area contributed by atoms with Gasteiger partial charge in [0.1, 0.15) is 5.69 Å². The highest BCUT2D eigenvalue weighted by atomic mass is 19.4. The van der Waals surface area contributed by atoms with E-state index >= 15 is 0 Å². The fourth-order valence-electron chi connectivity index (χ4n) is 1.42. The summed E-state index contributed by atoms with van der Waals surface area (Å²) in [5, 5.41) is 21.4. The van der Waals surface area contributed by atoms with Crippen LogP contribution < -0.4 is 5.32 Å². The van der Waals surface area contributed by atoms with Crippen LogP contribution in [-0.2, 0) is 11.0 Å². The molecule has 1 rings (SSSR count). The Morgan fingerprint density at radius 3 is 2.55 bits per heavy atom. The third-order valence-electron chi connectivity index (χ3n) is 2.36. The van der Waals surface area contributed by atoms with Crippen LogP contribution in [0.4, 0.5) is 24.5 Å². The maximum Gasteiger partial charge on any atom is 0.416 e. The zero-order valence-corrected chi connectivity index (χ0v) is 10.1. The van der Waals surface area contributed by atoms with E-state index in [4.69, 9.17) is 5.11 Å². The number of anilines is 1. The van der Waals surface area contributed by atoms with E-state index in [9.17, 15) is 28.1 Å². The van der Waals surface area contributed by atoms with Crippen molar-refractivity contribution >= 4 is 17.3 Å². The Morgan fingerprint density at radius 2 is 2.05 bits per heavy atom. The molecule has 2 N–H and O–H groups in total. The minimum absolute atomic E-state index is 0.0886. The van der Waals surface area contributed by atoms with Gasteiger partial charge in [-0.1, -0.05) is 0 Å². The normalized spacial score (nSPS) is 11.2. The first-order valence-electron chi connectivity index (χ1n) is 5.52. The Morgan fingerprint density at radius 1 is 1.40 bits per heavy atom. The first-order chi connectivity index (χ1) is 9.25. The molecule has 0 aliphatic heterocycles. The molecule has 0 bridgehead atoms. The van der Waals surface area contributed by atoms with Gasteiger partial charge in [0.25, 0.3) is 5.69 Å². The van der Waals surface area contributed by atoms with Gasteiger partial charge in [-0.05, 0) is 18.6 Å². The molecule has 0 aliphatic rings. The number of nitrogens with one attached hydrogen (secondary N) is 1. The van der Waals surface area contributed by atoms with Crippen LogP contribution in [-0.4, -0.2) is 22.5 Å². The van der Waals surface area contributed by atoms with Crippen molar-refractivity contribution in [2.75, 3.05) is 11.9 Å². The molecule has 0 saturated carbocycles. The van der Waals surface area contributed by atoms with E-state index in [0.717, 1.165) is 6.07 Å². The molecule has 0 atom stereocenters. The average molecular weight is 292 g/mol. The summed E-state index contributed by atoms with van der Waals surface area (Å²) in [6, 6.07) is 1.84. The van der Waals surface area contributed by atoms with Gasteiger partial charge >= 0.3 is 6.18 Å². The molecule has 0 aliphatic carbocycles. The van der Waals surface area contributed by atoms with E-state index < -0.39 is 28.3 Å². The van der Waals surface area contributed by atoms with E-state index in [1.54, 1.807) is 0 Å². The smallest absolute Gasteiger partial charge is 0.396 e. The van der Waals surface area contributed by atoms with Gasteiger partial charge in [-0.15, -0.1) is 0 Å². The van der Waals surface area contributed by atoms with Crippen molar-refractivity contribution in [3.8, 4) is 0 Å². The summed E-state index contributed by atoms with van der Waals surface area (Å²) >= 11 is 0. The standard InChI is InChI=1S/C11H11F3N2O4/c12-11(13,14)7-3-4-8(9(6-7)16(19)20)15-10(18)2-1-5-17/h3-4,6,17H,1-2,5H2,(H,15,18). The molecule has 9 heteroatoms. The molecule has 0 unspecified atom stereocenters. The van der Waals surface area contributed by atoms with Gasteiger partial charge in [-0.25, -0.2) is 0 Å². The highest BCUT2D eigenvalue weighted by molar-refractivity contribution is 5.93. The monoisotopic (exact) mass is 292 g/mol. The lowest BCUT2D eigenvalue weighted by atomic mass is 10.1. The number of nitro benzene ring substituents is 1. The topological polar surface area (TPSA) is 92.5 Å². The zero-order chi connectivity index (χ0) is 15.3. The number of carbonyl (C=O) groups is 1. The van der Waals surface area contributed by atoms with Gasteiger partial charge in [0, 0.05) is 19.1 Å². The van der Waals surface area contributed by atoms with Crippen molar-refractivity contribution in [3.63, 3.8) is 0 Å². The molecule has 0 fully saturated rings. The summed E-state index contributed by atoms with van der Waals surface area (Å²) in [7, 11) is 0. The number of alkyl halides is 3. The third-order valence-corrected chi connectivity index (χ3v) is 2.36. The van der Waals surface area contributed by atoms with Crippen molar-refractivity contribution in [1.82, 2.24) is 0 Å². The maximum absolute atomic E-state index is 12.5. The van der Waals surface area contributed by atoms with Crippen LogP contribution in [0.3, 0.4) is 0 Å². The van der Waals surface area contributed by atoms with Gasteiger partial charge in [0.05, 0.1) is 10.5 Å². The fraction of sp³-hybridized carbons (Fsp3) is 0.364. The Kier molecular flexibility index (Phi) is 5.03. The second-order valence-corrected chi connectivity index (χ2v) is 3.86. The van der Waals surface area contributed by atoms with Crippen molar-refractivity contribution < 1.29 is 28.0 Å². The van der Waals surface area contributed by atoms with E-state index in [2.05, 4.69) is 5.32 Å². The molecule has 0 radical (unpaired) electrons. The van der Waals surface area contributed by atoms with Crippen LogP contribution in [0.1, 0.15) is 18.4 Å². The average Bonchev–Trinajstić information content (AvgIpc) is 2.35. The first kappa shape index (κ1) is 15.9. The predicted octanol–water partition coefficient (Wildman–Crippen LogP) is 2.32. The highest BCUT2D eigenvalue weighted by Crippen LogP contribution is 2.34. The summed E-state index contributed by atoms with van der Waals surface area (Å²) in [4.78, 5) is 21.1. The van der Waals surface area contributed by atoms with Crippen LogP contribution in [0.25, 0.3) is 0 Å². The summed E-state index contributed by atoms with van der Waals surface area (Å²) in [5.41, 5.74) is -2.32. The molecule has 0 aromatic heterocycles. The lowest BCUT2D eigenvalue weighted by Crippen LogP contribution is -2.14. The highest BCUT2D eigenvalue weighted by Gasteiger charge is 2.33. The predicted molar refractivity (Wildman–Crippen MR) is 63.0 cm³/mol. The molecule has 110 valence electrons. The van der Waals surface area contributed by atoms with Crippen LogP contribution in [0, 0.1) is 10.1 Å². The Hall–Kier alpha value is -2.16. The number of halogens is 3. The van der Waals surface area contributed by atoms with Crippen LogP contribution in [0.5, 0.6) is 0 Å². The first-order valence-corrected chi connectivity index (χ1v) is 5.52. The number of carbonyl (C=O) groups excluding carboxylic acids is 1. The maximum atomic E-state index is 12.5. The number of hydrogen-bond donors (Lipinski definition) is 2. The largest absolute Gasteiger partial charge is 0.416 e. The number of rotatable bonds is 5. The molecule has 1 aromatic rings.